The molecule has 4 aromatic rings. The van der Waals surface area contributed by atoms with E-state index in [4.69, 9.17) is 4.74 Å². The summed E-state index contributed by atoms with van der Waals surface area (Å²) in [5.41, 5.74) is 2.69. The van der Waals surface area contributed by atoms with E-state index < -0.39 is 0 Å². The van der Waals surface area contributed by atoms with Gasteiger partial charge in [-0.2, -0.15) is 0 Å². The maximum atomic E-state index is 12.7. The van der Waals surface area contributed by atoms with Crippen molar-refractivity contribution in [1.82, 2.24) is 20.1 Å². The average molecular weight is 523 g/mol. The molecule has 0 saturated carbocycles. The number of methoxy groups -OCH3 is 1. The summed E-state index contributed by atoms with van der Waals surface area (Å²) >= 11 is 5.12. The molecule has 33 heavy (non-hydrogen) atoms. The minimum atomic E-state index is -0.185. The predicted molar refractivity (Wildman–Crippen MR) is 134 cm³/mol. The van der Waals surface area contributed by atoms with E-state index in [0.717, 1.165) is 15.3 Å². The molecule has 0 aliphatic carbocycles. The van der Waals surface area contributed by atoms with Crippen molar-refractivity contribution >= 4 is 33.6 Å². The van der Waals surface area contributed by atoms with Crippen LogP contribution in [0.15, 0.2) is 88.5 Å². The number of carbonyl (C=O) groups excluding carboxylic acids is 1. The summed E-state index contributed by atoms with van der Waals surface area (Å²) in [5, 5.41) is 12.8. The summed E-state index contributed by atoms with van der Waals surface area (Å²) in [6, 6.07) is 25.2. The van der Waals surface area contributed by atoms with Crippen molar-refractivity contribution in [3.8, 4) is 11.4 Å². The van der Waals surface area contributed by atoms with Crippen molar-refractivity contribution in [1.29, 1.82) is 0 Å². The summed E-state index contributed by atoms with van der Waals surface area (Å²) < 4.78 is 8.14. The first-order valence-corrected chi connectivity index (χ1v) is 12.1. The molecule has 0 bridgehead atoms. The van der Waals surface area contributed by atoms with Gasteiger partial charge in [-0.25, -0.2) is 0 Å². The summed E-state index contributed by atoms with van der Waals surface area (Å²) in [6.07, 6.45) is 0. The number of nitrogens with one attached hydrogen (secondary N) is 1. The quantitative estimate of drug-likeness (QED) is 0.295. The number of ether oxygens (including phenoxy) is 1. The molecule has 3 aromatic carbocycles. The van der Waals surface area contributed by atoms with Gasteiger partial charge in [-0.15, -0.1) is 10.2 Å². The van der Waals surface area contributed by atoms with Crippen LogP contribution in [0.2, 0.25) is 0 Å². The third kappa shape index (κ3) is 5.64. The molecule has 0 fully saturated rings. The maximum absolute atomic E-state index is 12.7. The number of aromatic nitrogens is 3. The molecular weight excluding hydrogens is 500 g/mol. The number of thioether (sulfide) groups is 1. The van der Waals surface area contributed by atoms with Crippen LogP contribution in [0.4, 0.5) is 0 Å². The highest BCUT2D eigenvalue weighted by Crippen LogP contribution is 2.35. The van der Waals surface area contributed by atoms with Crippen molar-refractivity contribution in [2.45, 2.75) is 23.9 Å². The summed E-state index contributed by atoms with van der Waals surface area (Å²) in [6.45, 7) is 2.39. The van der Waals surface area contributed by atoms with Gasteiger partial charge in [0, 0.05) is 21.0 Å². The van der Waals surface area contributed by atoms with Crippen LogP contribution in [0.5, 0.6) is 5.75 Å². The second-order valence-electron chi connectivity index (χ2n) is 7.29. The highest BCUT2D eigenvalue weighted by atomic mass is 79.9. The SMILES string of the molecule is COc1ccc(C(=O)NCc2nnc(SC(C)c3ccccc3)n2-c2ccc(Br)cc2)cc1. The van der Waals surface area contributed by atoms with Crippen LogP contribution in [-0.4, -0.2) is 27.8 Å². The number of halogens is 1. The second-order valence-corrected chi connectivity index (χ2v) is 9.52. The van der Waals surface area contributed by atoms with Gasteiger partial charge in [0.05, 0.1) is 13.7 Å². The van der Waals surface area contributed by atoms with Crippen LogP contribution in [0.25, 0.3) is 5.69 Å². The van der Waals surface area contributed by atoms with Crippen LogP contribution in [0.1, 0.15) is 33.9 Å². The lowest BCUT2D eigenvalue weighted by Gasteiger charge is -2.14. The van der Waals surface area contributed by atoms with E-state index in [-0.39, 0.29) is 17.7 Å². The molecule has 8 heteroatoms. The van der Waals surface area contributed by atoms with Crippen molar-refractivity contribution < 1.29 is 9.53 Å². The Balaban J connectivity index is 1.57. The normalized spacial score (nSPS) is 11.7. The van der Waals surface area contributed by atoms with Gasteiger partial charge in [0.1, 0.15) is 5.75 Å². The molecule has 168 valence electrons. The van der Waals surface area contributed by atoms with Gasteiger partial charge in [-0.05, 0) is 61.0 Å². The molecule has 1 heterocycles. The van der Waals surface area contributed by atoms with Crippen LogP contribution < -0.4 is 10.1 Å². The maximum Gasteiger partial charge on any atom is 0.251 e. The third-order valence-corrected chi connectivity index (χ3v) is 6.73. The fraction of sp³-hybridized carbons (Fsp3) is 0.160. The molecule has 4 rings (SSSR count). The lowest BCUT2D eigenvalue weighted by atomic mass is 10.2. The molecule has 6 nitrogen and oxygen atoms in total. The molecule has 1 amide bonds. The van der Waals surface area contributed by atoms with E-state index in [1.165, 1.54) is 5.56 Å². The Kier molecular flexibility index (Phi) is 7.47. The Hall–Kier alpha value is -3.10. The van der Waals surface area contributed by atoms with Crippen molar-refractivity contribution in [3.63, 3.8) is 0 Å². The van der Waals surface area contributed by atoms with E-state index in [0.29, 0.717) is 17.1 Å². The Bertz CT molecular complexity index is 1210. The Morgan fingerprint density at radius 2 is 1.73 bits per heavy atom. The first-order valence-electron chi connectivity index (χ1n) is 10.4. The van der Waals surface area contributed by atoms with Crippen molar-refractivity contribution in [2.24, 2.45) is 0 Å². The van der Waals surface area contributed by atoms with E-state index in [9.17, 15) is 4.79 Å². The summed E-state index contributed by atoms with van der Waals surface area (Å²) in [7, 11) is 1.60. The molecule has 1 aromatic heterocycles. The monoisotopic (exact) mass is 522 g/mol. The highest BCUT2D eigenvalue weighted by molar-refractivity contribution is 9.10. The minimum Gasteiger partial charge on any atom is -0.497 e. The molecule has 0 saturated heterocycles. The van der Waals surface area contributed by atoms with Crippen LogP contribution >= 0.6 is 27.7 Å². The molecular formula is C25H23BrN4O2S. The van der Waals surface area contributed by atoms with Gasteiger partial charge in [-0.1, -0.05) is 58.0 Å². The molecule has 0 spiro atoms. The fourth-order valence-corrected chi connectivity index (χ4v) is 4.57. The molecule has 0 aliphatic rings. The molecule has 1 N–H and O–H groups in total. The van der Waals surface area contributed by atoms with Gasteiger partial charge in [0.2, 0.25) is 0 Å². The Morgan fingerprint density at radius 3 is 2.39 bits per heavy atom. The minimum absolute atomic E-state index is 0.185. The standard InChI is InChI=1S/C25H23BrN4O2S/c1-17(18-6-4-3-5-7-18)33-25-29-28-23(30(25)21-12-10-20(26)11-13-21)16-27-24(31)19-8-14-22(32-2)15-9-19/h3-15,17H,16H2,1-2H3,(H,27,31). The summed E-state index contributed by atoms with van der Waals surface area (Å²) in [4.78, 5) is 12.7. The molecule has 1 atom stereocenters. The highest BCUT2D eigenvalue weighted by Gasteiger charge is 2.19. The number of nitrogens with zero attached hydrogens (tertiary/aromatic N) is 3. The zero-order valence-corrected chi connectivity index (χ0v) is 20.6. The van der Waals surface area contributed by atoms with Gasteiger partial charge in [-0.3, -0.25) is 9.36 Å². The van der Waals surface area contributed by atoms with E-state index in [1.807, 2.05) is 47.0 Å². The number of hydrogen-bond acceptors (Lipinski definition) is 5. The topological polar surface area (TPSA) is 69.0 Å². The number of benzene rings is 3. The Morgan fingerprint density at radius 1 is 1.03 bits per heavy atom. The zero-order valence-electron chi connectivity index (χ0n) is 18.2. The Labute approximate surface area is 205 Å². The van der Waals surface area contributed by atoms with Crippen molar-refractivity contribution in [3.05, 3.63) is 100 Å². The largest absolute Gasteiger partial charge is 0.497 e. The van der Waals surface area contributed by atoms with Crippen LogP contribution in [0.3, 0.4) is 0 Å². The van der Waals surface area contributed by atoms with Gasteiger partial charge in [0.25, 0.3) is 5.91 Å². The van der Waals surface area contributed by atoms with Gasteiger partial charge >= 0.3 is 0 Å². The van der Waals surface area contributed by atoms with Crippen LogP contribution in [0, 0.1) is 0 Å². The molecule has 0 aliphatic heterocycles. The van der Waals surface area contributed by atoms with E-state index >= 15 is 0 Å². The first-order chi connectivity index (χ1) is 16.0. The van der Waals surface area contributed by atoms with E-state index in [2.05, 4.69) is 50.5 Å². The zero-order chi connectivity index (χ0) is 23.2. The number of amides is 1. The number of hydrogen-bond donors (Lipinski definition) is 1. The van der Waals surface area contributed by atoms with Crippen LogP contribution in [-0.2, 0) is 6.54 Å². The van der Waals surface area contributed by atoms with Gasteiger partial charge in [0.15, 0.2) is 11.0 Å². The predicted octanol–water partition coefficient (Wildman–Crippen LogP) is 5.82. The first kappa shape index (κ1) is 23.1. The van der Waals surface area contributed by atoms with Gasteiger partial charge < -0.3 is 10.1 Å². The molecule has 0 radical (unpaired) electrons. The fourth-order valence-electron chi connectivity index (χ4n) is 3.29. The molecule has 1 unspecified atom stereocenters. The number of rotatable bonds is 8. The summed E-state index contributed by atoms with van der Waals surface area (Å²) in [5.74, 6) is 1.17. The lowest BCUT2D eigenvalue weighted by Crippen LogP contribution is -2.24. The lowest BCUT2D eigenvalue weighted by molar-refractivity contribution is 0.0949. The van der Waals surface area contributed by atoms with E-state index in [1.54, 1.807) is 43.1 Å². The third-order valence-electron chi connectivity index (χ3n) is 5.10. The number of carbonyl (C=O) groups is 1. The van der Waals surface area contributed by atoms with Crippen molar-refractivity contribution in [2.75, 3.05) is 7.11 Å². The smallest absolute Gasteiger partial charge is 0.251 e. The second kappa shape index (κ2) is 10.7. The average Bonchev–Trinajstić information content (AvgIpc) is 3.25.